The van der Waals surface area contributed by atoms with Gasteiger partial charge in [0.15, 0.2) is 11.8 Å². The zero-order valence-electron chi connectivity index (χ0n) is 75.6. The van der Waals surface area contributed by atoms with Gasteiger partial charge in [-0.3, -0.25) is 48.5 Å². The van der Waals surface area contributed by atoms with Gasteiger partial charge in [0.1, 0.15) is 42.3 Å². The van der Waals surface area contributed by atoms with Crippen LogP contribution in [0.25, 0.3) is 0 Å². The van der Waals surface area contributed by atoms with E-state index in [1.807, 2.05) is 51.1 Å². The lowest BCUT2D eigenvalue weighted by Crippen LogP contribution is -2.60. The van der Waals surface area contributed by atoms with Crippen molar-refractivity contribution in [3.05, 3.63) is 117 Å². The summed E-state index contributed by atoms with van der Waals surface area (Å²) in [5.41, 5.74) is 1.34. The first kappa shape index (κ1) is 107. The highest BCUT2D eigenvalue weighted by Crippen LogP contribution is 2.37. The maximum atomic E-state index is 15.1. The minimum atomic E-state index is -2.00. The molecule has 3 heterocycles. The van der Waals surface area contributed by atoms with Gasteiger partial charge in [0, 0.05) is 89.5 Å². The number of carbonyl (C=O) groups is 7. The zero-order chi connectivity index (χ0) is 93.5. The van der Waals surface area contributed by atoms with Crippen LogP contribution in [-0.4, -0.2) is 338 Å². The van der Waals surface area contributed by atoms with E-state index in [-0.39, 0.29) is 86.9 Å². The Morgan fingerprint density at radius 2 is 1.24 bits per heavy atom. The van der Waals surface area contributed by atoms with Gasteiger partial charge in [0.2, 0.25) is 30.3 Å². The molecule has 0 spiro atoms. The highest BCUT2D eigenvalue weighted by molar-refractivity contribution is 5.94. The van der Waals surface area contributed by atoms with Gasteiger partial charge < -0.3 is 112 Å². The number of aliphatic hydroxyl groups excluding tert-OH is 4. The van der Waals surface area contributed by atoms with Crippen LogP contribution in [0.4, 0.5) is 10.5 Å². The number of aromatic nitrogens is 3. The minimum absolute atomic E-state index is 0.00453. The highest BCUT2D eigenvalue weighted by atomic mass is 16.8. The molecule has 0 bridgehead atoms. The molecule has 2 aliphatic heterocycles. The van der Waals surface area contributed by atoms with Gasteiger partial charge in [-0.1, -0.05) is 109 Å². The van der Waals surface area contributed by atoms with E-state index in [2.05, 4.69) is 32.8 Å². The number of nitro benzene ring substituents is 1. The lowest BCUT2D eigenvalue weighted by molar-refractivity contribution is -0.387. The first-order valence-electron chi connectivity index (χ1n) is 43.4. The van der Waals surface area contributed by atoms with Gasteiger partial charge in [-0.05, 0) is 78.0 Å². The summed E-state index contributed by atoms with van der Waals surface area (Å²) < 4.78 is 91.4. The average molecular weight is 1810 g/mol. The molecule has 5 amide bonds. The number of rotatable bonds is 64. The van der Waals surface area contributed by atoms with E-state index < -0.39 is 137 Å². The van der Waals surface area contributed by atoms with Crippen LogP contribution in [0.1, 0.15) is 132 Å². The second-order valence-corrected chi connectivity index (χ2v) is 31.7. The summed E-state index contributed by atoms with van der Waals surface area (Å²) in [6.45, 7) is 22.3. The number of ether oxygens (including phenoxy) is 16. The Kier molecular flexibility index (Phi) is 49.6. The van der Waals surface area contributed by atoms with Crippen LogP contribution in [0.2, 0.25) is 0 Å². The third kappa shape index (κ3) is 35.5. The van der Waals surface area contributed by atoms with E-state index in [9.17, 15) is 59.3 Å². The number of hydrogen-bond donors (Lipinski definition) is 6. The van der Waals surface area contributed by atoms with E-state index in [1.165, 1.54) is 36.9 Å². The number of methoxy groups -OCH3 is 2. The van der Waals surface area contributed by atoms with Crippen molar-refractivity contribution in [1.82, 2.24) is 40.3 Å². The molecule has 0 saturated carbocycles. The van der Waals surface area contributed by atoms with Crippen LogP contribution in [-0.2, 0) is 108 Å². The third-order valence-corrected chi connectivity index (χ3v) is 21.9. The number of hydrogen-bond acceptors (Lipinski definition) is 32. The zero-order valence-corrected chi connectivity index (χ0v) is 75.6. The van der Waals surface area contributed by atoms with Crippen molar-refractivity contribution < 1.29 is 135 Å². The van der Waals surface area contributed by atoms with Gasteiger partial charge in [-0.2, -0.15) is 5.26 Å². The largest absolute Gasteiger partial charge is 0.455 e. The Bertz CT molecular complexity index is 4060. The Balaban J connectivity index is 0.932. The number of carbonyl (C=O) groups excluding carboxylic acids is 7. The first-order valence-corrected chi connectivity index (χ1v) is 43.4. The predicted octanol–water partition coefficient (Wildman–Crippen LogP) is 4.74. The number of amides is 5. The molecule has 712 valence electrons. The molecule has 2 saturated heterocycles. The number of Topliss-reactive ketones (excluding diaryl/α,β-unsaturated/α-hetero) is 1. The van der Waals surface area contributed by atoms with Crippen molar-refractivity contribution in [3.63, 3.8) is 0 Å². The normalized spacial score (nSPS) is 18.6. The molecule has 39 heteroatoms. The molecule has 6 rings (SSSR count). The number of likely N-dealkylation sites (tertiary alicyclic amines) is 1. The predicted molar refractivity (Wildman–Crippen MR) is 459 cm³/mol. The number of ketones is 1. The lowest BCUT2D eigenvalue weighted by atomic mass is 9.85. The Hall–Kier alpha value is -9.34. The minimum Gasteiger partial charge on any atom is -0.455 e. The van der Waals surface area contributed by atoms with Gasteiger partial charge in [-0.25, -0.2) is 9.48 Å². The van der Waals surface area contributed by atoms with Crippen molar-refractivity contribution in [1.29, 1.82) is 5.26 Å². The molecule has 3 aromatic carbocycles. The highest BCUT2D eigenvalue weighted by Gasteiger charge is 2.48. The fourth-order valence-corrected chi connectivity index (χ4v) is 14.7. The van der Waals surface area contributed by atoms with Crippen LogP contribution < -0.4 is 15.4 Å². The van der Waals surface area contributed by atoms with Crippen molar-refractivity contribution >= 4 is 47.7 Å². The Morgan fingerprint density at radius 3 is 1.76 bits per heavy atom. The number of nitrogens with zero attached hydrogens (tertiary/aromatic N) is 8. The molecule has 128 heavy (non-hydrogen) atoms. The summed E-state index contributed by atoms with van der Waals surface area (Å²) >= 11 is 0. The van der Waals surface area contributed by atoms with Gasteiger partial charge >= 0.3 is 11.8 Å². The average Bonchev–Trinajstić information content (AvgIpc) is 0.824. The van der Waals surface area contributed by atoms with Crippen LogP contribution in [0.15, 0.2) is 79.0 Å². The third-order valence-electron chi connectivity index (χ3n) is 21.9. The SMILES string of the molecule is CC[C@H](C)[C@@H]([C@@H](CC(=O)N1CCC[C@H]1[C@H](OC)[C@@H](C)C(=O)C[C@H](C)[C@@H](O)c1ccccc1)OC)N(C)C(=O)[C@@H](NC(=O)[C@H](C(C)C)N(C)C(=O)OC(Cc1cn(CCOCCOCCOCCOCCOCCOCCOCCOCCOCCOCCNC(=O)c2ccc(C#CC#N)cc2)nn1)c1ccc(OC2OC(OC=O)C(O)C(O)C2O)c([N+](=O)[O-])c1)C(C)C. The van der Waals surface area contributed by atoms with Gasteiger partial charge in [-0.15, -0.1) is 5.10 Å². The summed E-state index contributed by atoms with van der Waals surface area (Å²) in [6, 6.07) is 17.3. The number of aliphatic hydroxyl groups is 4. The fraction of sp³-hybridized carbons (Fsp3) is 0.663. The summed E-state index contributed by atoms with van der Waals surface area (Å²) in [5.74, 6) is 0.206. The number of likely N-dealkylation sites (N-methyl/N-ethyl adjacent to an activating group) is 2. The van der Waals surface area contributed by atoms with Crippen molar-refractivity contribution in [2.75, 3.05) is 174 Å². The monoisotopic (exact) mass is 1800 g/mol. The maximum Gasteiger partial charge on any atom is 0.410 e. The molecule has 6 N–H and O–H groups in total. The second-order valence-electron chi connectivity index (χ2n) is 31.7. The lowest BCUT2D eigenvalue weighted by Gasteiger charge is -2.41. The molecule has 1 aromatic heterocycles. The van der Waals surface area contributed by atoms with Crippen molar-refractivity contribution in [2.24, 2.45) is 29.6 Å². The van der Waals surface area contributed by atoms with Crippen molar-refractivity contribution in [3.8, 4) is 23.7 Å². The van der Waals surface area contributed by atoms with Gasteiger partial charge in [0.25, 0.3) is 12.4 Å². The summed E-state index contributed by atoms with van der Waals surface area (Å²) in [6.07, 6.45) is -11.5. The maximum absolute atomic E-state index is 15.1. The van der Waals surface area contributed by atoms with E-state index in [4.69, 9.17) is 81.1 Å². The van der Waals surface area contributed by atoms with E-state index in [0.29, 0.717) is 161 Å². The standard InChI is InChI=1S/C89H132N10O29/c1-13-61(6)78(74(113-11)56-75(102)98-31-18-22-69(98)83(114-12)63(8)71(101)53-62(7)79(103)65-20-15-14-16-21-65)95(9)86(109)76(59(2)3)92-85(108)77(60(4)5)96(10)89(110)127-73(67-27-28-72(70(54-67)99(111)112)126-88-82(106)80(104)81(105)87(128-88)125-58-100)55-68-57-97(94-93-68)32-34-116-36-38-118-40-42-120-44-46-122-48-50-124-52-51-123-49-47-121-45-43-119-41-39-117-37-35-115-33-30-91-84(107)66-25-23-64(24-26-66)19-17-29-90/h14-16,20-21,23-28,54,57-63,69,73-74,76-83,87-88,103-106H,13,18,22,30-53,55-56H2,1-12H3,(H,91,107)(H,92,108)/t61-,62-,63-,69-,73?,74+,76-,77-,78-,79+,80?,81?,82?,83+,87?,88?/m0/s1. The van der Waals surface area contributed by atoms with E-state index in [0.717, 1.165) is 17.0 Å². The van der Waals surface area contributed by atoms with Gasteiger partial charge in [0.05, 0.1) is 186 Å². The summed E-state index contributed by atoms with van der Waals surface area (Å²) in [4.78, 5) is 113. The number of nitrogens with one attached hydrogen (secondary N) is 2. The van der Waals surface area contributed by atoms with Crippen LogP contribution in [0, 0.1) is 62.9 Å². The molecule has 0 aliphatic carbocycles. The molecule has 2 aliphatic rings. The molecule has 2 fully saturated rings. The van der Waals surface area contributed by atoms with E-state index >= 15 is 4.79 Å². The molecule has 0 radical (unpaired) electrons. The molecular formula is C89H132N10O29. The Morgan fingerprint density at radius 1 is 0.688 bits per heavy atom. The summed E-state index contributed by atoms with van der Waals surface area (Å²) in [7, 11) is 5.91. The van der Waals surface area contributed by atoms with Crippen molar-refractivity contribution in [2.45, 2.75) is 180 Å². The summed E-state index contributed by atoms with van der Waals surface area (Å²) in [5, 5.41) is 78.5. The quantitative estimate of drug-likeness (QED) is 0.0114. The number of nitriles is 1. The van der Waals surface area contributed by atoms with E-state index in [1.54, 1.807) is 83.1 Å². The smallest absolute Gasteiger partial charge is 0.410 e. The number of nitro groups is 1. The second kappa shape index (κ2) is 59.1. The molecule has 39 nitrogen and oxygen atoms in total. The fourth-order valence-electron chi connectivity index (χ4n) is 14.7. The Labute approximate surface area is 748 Å². The molecule has 16 atom stereocenters. The van der Waals surface area contributed by atoms with Crippen LogP contribution in [0.5, 0.6) is 5.75 Å². The van der Waals surface area contributed by atoms with Crippen LogP contribution in [0.3, 0.4) is 0 Å². The first-order chi connectivity index (χ1) is 61.6. The van der Waals surface area contributed by atoms with Crippen LogP contribution >= 0.6 is 0 Å². The topological polar surface area (TPSA) is 480 Å². The molecule has 4 aromatic rings. The molecular weight excluding hydrogens is 1670 g/mol. The number of benzene rings is 3. The molecule has 6 unspecified atom stereocenters.